The molecule has 0 aliphatic heterocycles. The zero-order valence-corrected chi connectivity index (χ0v) is 13.6. The van der Waals surface area contributed by atoms with Crippen molar-refractivity contribution in [2.75, 3.05) is 0 Å². The van der Waals surface area contributed by atoms with E-state index in [0.717, 1.165) is 25.7 Å². The zero-order chi connectivity index (χ0) is 18.0. The Morgan fingerprint density at radius 1 is 1.24 bits per heavy atom. The number of nitrogens with one attached hydrogen (secondary N) is 1. The fourth-order valence-corrected chi connectivity index (χ4v) is 2.85. The lowest BCUT2D eigenvalue weighted by Gasteiger charge is -2.26. The van der Waals surface area contributed by atoms with Crippen LogP contribution in [0, 0.1) is 5.92 Å². The Balaban J connectivity index is 1.86. The predicted molar refractivity (Wildman–Crippen MR) is 83.0 cm³/mol. The number of amides is 1. The van der Waals surface area contributed by atoms with Gasteiger partial charge in [-0.15, -0.1) is 0 Å². The van der Waals surface area contributed by atoms with Crippen molar-refractivity contribution in [1.82, 2.24) is 24.8 Å². The van der Waals surface area contributed by atoms with Gasteiger partial charge in [-0.1, -0.05) is 6.92 Å². The third-order valence-corrected chi connectivity index (χ3v) is 4.32. The molecule has 1 aliphatic carbocycles. The van der Waals surface area contributed by atoms with Crippen molar-refractivity contribution in [3.05, 3.63) is 36.2 Å². The van der Waals surface area contributed by atoms with Gasteiger partial charge in [-0.25, -0.2) is 15.0 Å². The average molecular weight is 353 g/mol. The highest BCUT2D eigenvalue weighted by Gasteiger charge is 2.35. The molecule has 1 amide bonds. The van der Waals surface area contributed by atoms with E-state index in [0.29, 0.717) is 12.0 Å². The summed E-state index contributed by atoms with van der Waals surface area (Å²) >= 11 is 0. The van der Waals surface area contributed by atoms with Crippen LogP contribution in [0.4, 0.5) is 13.2 Å². The van der Waals surface area contributed by atoms with Crippen molar-refractivity contribution in [2.24, 2.45) is 5.92 Å². The largest absolute Gasteiger partial charge is 0.433 e. The molecular weight excluding hydrogens is 335 g/mol. The molecule has 25 heavy (non-hydrogen) atoms. The van der Waals surface area contributed by atoms with Crippen LogP contribution in [-0.2, 0) is 6.18 Å². The second kappa shape index (κ2) is 6.81. The van der Waals surface area contributed by atoms with E-state index in [2.05, 4.69) is 27.2 Å². The molecule has 2 heterocycles. The molecule has 2 aromatic rings. The molecule has 0 bridgehead atoms. The number of nitrogens with zero attached hydrogens (tertiary/aromatic N) is 4. The number of alkyl halides is 3. The minimum Gasteiger partial charge on any atom is -0.348 e. The van der Waals surface area contributed by atoms with E-state index in [1.165, 1.54) is 23.3 Å². The molecule has 0 atom stereocenters. The van der Waals surface area contributed by atoms with Crippen molar-refractivity contribution in [1.29, 1.82) is 0 Å². The molecule has 0 unspecified atom stereocenters. The maximum Gasteiger partial charge on any atom is 0.433 e. The van der Waals surface area contributed by atoms with Crippen LogP contribution in [0.15, 0.2) is 24.8 Å². The highest BCUT2D eigenvalue weighted by atomic mass is 19.4. The third kappa shape index (κ3) is 4.15. The standard InChI is InChI=1S/C16H18F3N5O/c1-10-2-4-11(5-3-10)21-14(25)12-8-13(16(17,18)19)23-15(22-12)24-7-6-20-9-24/h6-11H,2-5H2,1H3,(H,21,25)/t10-,11-. The first-order chi connectivity index (χ1) is 11.8. The first kappa shape index (κ1) is 17.4. The van der Waals surface area contributed by atoms with E-state index >= 15 is 0 Å². The maximum atomic E-state index is 13.1. The van der Waals surface area contributed by atoms with Gasteiger partial charge in [-0.3, -0.25) is 9.36 Å². The van der Waals surface area contributed by atoms with Crippen molar-refractivity contribution in [3.63, 3.8) is 0 Å². The SMILES string of the molecule is C[C@H]1CC[C@H](NC(=O)c2cc(C(F)(F)F)nc(-n3ccnc3)n2)CC1. The van der Waals surface area contributed by atoms with E-state index in [1.807, 2.05) is 0 Å². The summed E-state index contributed by atoms with van der Waals surface area (Å²) in [5.74, 6) is -0.250. The number of halogens is 3. The normalized spacial score (nSPS) is 21.1. The maximum absolute atomic E-state index is 13.1. The number of carbonyl (C=O) groups is 1. The summed E-state index contributed by atoms with van der Waals surface area (Å²) in [6.45, 7) is 2.15. The van der Waals surface area contributed by atoms with Gasteiger partial charge < -0.3 is 5.32 Å². The minimum absolute atomic E-state index is 0.0373. The second-order valence-corrected chi connectivity index (χ2v) is 6.34. The van der Waals surface area contributed by atoms with E-state index in [-0.39, 0.29) is 17.7 Å². The van der Waals surface area contributed by atoms with Gasteiger partial charge in [0.2, 0.25) is 5.95 Å². The summed E-state index contributed by atoms with van der Waals surface area (Å²) < 4.78 is 40.6. The predicted octanol–water partition coefficient (Wildman–Crippen LogP) is 2.99. The van der Waals surface area contributed by atoms with Crippen LogP contribution >= 0.6 is 0 Å². The summed E-state index contributed by atoms with van der Waals surface area (Å²) in [5.41, 5.74) is -1.46. The summed E-state index contributed by atoms with van der Waals surface area (Å²) in [5, 5.41) is 2.79. The van der Waals surface area contributed by atoms with Crippen LogP contribution in [0.25, 0.3) is 5.95 Å². The molecule has 0 saturated heterocycles. The van der Waals surface area contributed by atoms with Crippen molar-refractivity contribution in [3.8, 4) is 5.95 Å². The summed E-state index contributed by atoms with van der Waals surface area (Å²) in [6, 6.07) is 0.644. The Bertz CT molecular complexity index is 737. The van der Waals surface area contributed by atoms with Gasteiger partial charge >= 0.3 is 6.18 Å². The molecule has 1 N–H and O–H groups in total. The van der Waals surface area contributed by atoms with Crippen LogP contribution in [-0.4, -0.2) is 31.5 Å². The van der Waals surface area contributed by atoms with Crippen LogP contribution in [0.1, 0.15) is 48.8 Å². The lowest BCUT2D eigenvalue weighted by atomic mass is 9.87. The Hall–Kier alpha value is -2.45. The van der Waals surface area contributed by atoms with Gasteiger partial charge in [0.05, 0.1) is 0 Å². The van der Waals surface area contributed by atoms with E-state index < -0.39 is 17.8 Å². The highest BCUT2D eigenvalue weighted by molar-refractivity contribution is 5.92. The van der Waals surface area contributed by atoms with E-state index in [4.69, 9.17) is 0 Å². The highest BCUT2D eigenvalue weighted by Crippen LogP contribution is 2.29. The summed E-state index contributed by atoms with van der Waals surface area (Å²) in [6.07, 6.45) is 3.03. The number of aromatic nitrogens is 4. The Morgan fingerprint density at radius 3 is 2.56 bits per heavy atom. The first-order valence-electron chi connectivity index (χ1n) is 8.08. The van der Waals surface area contributed by atoms with Crippen LogP contribution in [0.2, 0.25) is 0 Å². The number of carbonyl (C=O) groups excluding carboxylic acids is 1. The smallest absolute Gasteiger partial charge is 0.348 e. The first-order valence-corrected chi connectivity index (χ1v) is 8.08. The van der Waals surface area contributed by atoms with E-state index in [9.17, 15) is 18.0 Å². The molecule has 1 aliphatic rings. The lowest BCUT2D eigenvalue weighted by Crippen LogP contribution is -2.38. The van der Waals surface area contributed by atoms with Crippen LogP contribution < -0.4 is 5.32 Å². The summed E-state index contributed by atoms with van der Waals surface area (Å²) in [4.78, 5) is 23.6. The molecule has 1 fully saturated rings. The number of rotatable bonds is 3. The zero-order valence-electron chi connectivity index (χ0n) is 13.6. The van der Waals surface area contributed by atoms with Crippen molar-refractivity contribution >= 4 is 5.91 Å². The molecule has 6 nitrogen and oxygen atoms in total. The van der Waals surface area contributed by atoms with Gasteiger partial charge in [-0.05, 0) is 31.6 Å². The topological polar surface area (TPSA) is 72.7 Å². The lowest BCUT2D eigenvalue weighted by molar-refractivity contribution is -0.141. The Labute approximate surface area is 142 Å². The molecule has 1 saturated carbocycles. The third-order valence-electron chi connectivity index (χ3n) is 4.32. The Morgan fingerprint density at radius 2 is 1.96 bits per heavy atom. The molecule has 2 aromatic heterocycles. The quantitative estimate of drug-likeness (QED) is 0.921. The number of hydrogen-bond donors (Lipinski definition) is 1. The molecule has 0 radical (unpaired) electrons. The summed E-state index contributed by atoms with van der Waals surface area (Å²) in [7, 11) is 0. The molecular formula is C16H18F3N5O. The van der Waals surface area contributed by atoms with Gasteiger partial charge in [0.25, 0.3) is 5.91 Å². The molecule has 3 rings (SSSR count). The monoisotopic (exact) mass is 353 g/mol. The second-order valence-electron chi connectivity index (χ2n) is 6.34. The minimum atomic E-state index is -4.67. The molecule has 134 valence electrons. The fraction of sp³-hybridized carbons (Fsp3) is 0.500. The molecule has 9 heteroatoms. The van der Waals surface area contributed by atoms with Crippen molar-refractivity contribution < 1.29 is 18.0 Å². The van der Waals surface area contributed by atoms with Gasteiger partial charge in [0.15, 0.2) is 5.69 Å². The molecule has 0 spiro atoms. The van der Waals surface area contributed by atoms with Gasteiger partial charge in [0.1, 0.15) is 12.0 Å². The number of hydrogen-bond acceptors (Lipinski definition) is 4. The average Bonchev–Trinajstić information content (AvgIpc) is 3.10. The number of imidazole rings is 1. The van der Waals surface area contributed by atoms with Crippen LogP contribution in [0.5, 0.6) is 0 Å². The Kier molecular flexibility index (Phi) is 4.73. The van der Waals surface area contributed by atoms with Crippen molar-refractivity contribution in [2.45, 2.75) is 44.8 Å². The van der Waals surface area contributed by atoms with Gasteiger partial charge in [0, 0.05) is 24.5 Å². The molecule has 0 aromatic carbocycles. The van der Waals surface area contributed by atoms with E-state index in [1.54, 1.807) is 0 Å². The van der Waals surface area contributed by atoms with Crippen LogP contribution in [0.3, 0.4) is 0 Å². The fourth-order valence-electron chi connectivity index (χ4n) is 2.85. The van der Waals surface area contributed by atoms with Gasteiger partial charge in [-0.2, -0.15) is 13.2 Å².